The summed E-state index contributed by atoms with van der Waals surface area (Å²) in [6.45, 7) is 4.62. The van der Waals surface area contributed by atoms with Crippen LogP contribution in [0.2, 0.25) is 0 Å². The van der Waals surface area contributed by atoms with Crippen LogP contribution >= 0.6 is 0 Å². The SMILES string of the molecule is CCCCCCCCC1(CCCCCCCC)c2ccccc2-c2ccc(-c3ccc4ccccc4n3)cc21. The van der Waals surface area contributed by atoms with Crippen LogP contribution in [-0.4, -0.2) is 4.98 Å². The standard InChI is InChI=1S/C38H47N/c1-3-5-7-9-11-17-27-38(28-18-12-10-8-6-4-2)34-21-15-14-20-32(34)33-25-23-31(29-35(33)38)37-26-24-30-19-13-16-22-36(30)39-37/h13-16,19-26,29H,3-12,17-18,27-28H2,1-2H3. The molecular formula is C38H47N. The second kappa shape index (κ2) is 13.4. The lowest BCUT2D eigenvalue weighted by Gasteiger charge is -2.33. The summed E-state index contributed by atoms with van der Waals surface area (Å²) >= 11 is 0. The average Bonchev–Trinajstić information content (AvgIpc) is 3.25. The summed E-state index contributed by atoms with van der Waals surface area (Å²) in [5.74, 6) is 0. The molecule has 3 aromatic carbocycles. The van der Waals surface area contributed by atoms with Gasteiger partial charge in [0.25, 0.3) is 0 Å². The third-order valence-corrected chi connectivity index (χ3v) is 9.08. The fourth-order valence-corrected chi connectivity index (χ4v) is 6.92. The van der Waals surface area contributed by atoms with E-state index in [-0.39, 0.29) is 5.41 Å². The molecule has 0 amide bonds. The number of pyridine rings is 1. The first-order valence-corrected chi connectivity index (χ1v) is 15.9. The molecule has 1 heterocycles. The topological polar surface area (TPSA) is 12.9 Å². The molecule has 5 rings (SSSR count). The van der Waals surface area contributed by atoms with E-state index in [0.29, 0.717) is 0 Å². The van der Waals surface area contributed by atoms with Crippen LogP contribution in [0, 0.1) is 0 Å². The highest BCUT2D eigenvalue weighted by atomic mass is 14.7. The van der Waals surface area contributed by atoms with E-state index < -0.39 is 0 Å². The fourth-order valence-electron chi connectivity index (χ4n) is 6.92. The molecule has 0 unspecified atom stereocenters. The van der Waals surface area contributed by atoms with Gasteiger partial charge in [0.05, 0.1) is 11.2 Å². The second-order valence-corrected chi connectivity index (χ2v) is 11.8. The molecule has 1 aliphatic rings. The number of aromatic nitrogens is 1. The molecule has 1 aliphatic carbocycles. The first-order chi connectivity index (χ1) is 19.3. The van der Waals surface area contributed by atoms with E-state index in [1.165, 1.54) is 112 Å². The van der Waals surface area contributed by atoms with Gasteiger partial charge in [0.2, 0.25) is 0 Å². The van der Waals surface area contributed by atoms with Crippen molar-refractivity contribution in [1.82, 2.24) is 4.98 Å². The van der Waals surface area contributed by atoms with E-state index >= 15 is 0 Å². The minimum Gasteiger partial charge on any atom is -0.248 e. The van der Waals surface area contributed by atoms with Crippen LogP contribution in [0.15, 0.2) is 78.9 Å². The Morgan fingerprint density at radius 3 is 1.90 bits per heavy atom. The minimum atomic E-state index is 0.119. The minimum absolute atomic E-state index is 0.119. The van der Waals surface area contributed by atoms with Crippen LogP contribution in [0.5, 0.6) is 0 Å². The molecule has 1 nitrogen and oxygen atoms in total. The second-order valence-electron chi connectivity index (χ2n) is 11.8. The number of benzene rings is 3. The van der Waals surface area contributed by atoms with Gasteiger partial charge >= 0.3 is 0 Å². The summed E-state index contributed by atoms with van der Waals surface area (Å²) < 4.78 is 0. The Bertz CT molecular complexity index is 1330. The molecule has 0 saturated heterocycles. The summed E-state index contributed by atoms with van der Waals surface area (Å²) in [6.07, 6.45) is 18.7. The van der Waals surface area contributed by atoms with Gasteiger partial charge < -0.3 is 0 Å². The van der Waals surface area contributed by atoms with Crippen molar-refractivity contribution < 1.29 is 0 Å². The van der Waals surface area contributed by atoms with Crippen molar-refractivity contribution in [3.05, 3.63) is 90.0 Å². The monoisotopic (exact) mass is 517 g/mol. The third kappa shape index (κ3) is 6.13. The summed E-state index contributed by atoms with van der Waals surface area (Å²) in [5.41, 5.74) is 9.57. The van der Waals surface area contributed by atoms with E-state index in [2.05, 4.69) is 92.7 Å². The van der Waals surface area contributed by atoms with E-state index in [1.54, 1.807) is 11.1 Å². The molecule has 1 aromatic heterocycles. The molecule has 0 N–H and O–H groups in total. The van der Waals surface area contributed by atoms with Gasteiger partial charge in [0.1, 0.15) is 0 Å². The predicted octanol–water partition coefficient (Wildman–Crippen LogP) is 11.7. The van der Waals surface area contributed by atoms with Crippen molar-refractivity contribution in [1.29, 1.82) is 0 Å². The molecule has 204 valence electrons. The van der Waals surface area contributed by atoms with Gasteiger partial charge in [0, 0.05) is 16.4 Å². The molecule has 4 aromatic rings. The van der Waals surface area contributed by atoms with Crippen molar-refractivity contribution in [2.24, 2.45) is 0 Å². The third-order valence-electron chi connectivity index (χ3n) is 9.08. The van der Waals surface area contributed by atoms with Gasteiger partial charge in [-0.25, -0.2) is 4.98 Å². The lowest BCUT2D eigenvalue weighted by atomic mass is 9.70. The predicted molar refractivity (Wildman–Crippen MR) is 169 cm³/mol. The Labute approximate surface area is 237 Å². The molecule has 0 saturated carbocycles. The molecule has 0 atom stereocenters. The molecule has 0 radical (unpaired) electrons. The quantitative estimate of drug-likeness (QED) is 0.143. The van der Waals surface area contributed by atoms with E-state index in [0.717, 1.165) is 11.2 Å². The lowest BCUT2D eigenvalue weighted by Crippen LogP contribution is -2.25. The van der Waals surface area contributed by atoms with Gasteiger partial charge in [-0.2, -0.15) is 0 Å². The molecule has 0 fully saturated rings. The number of para-hydroxylation sites is 1. The maximum absolute atomic E-state index is 5.08. The normalized spacial score (nSPS) is 13.5. The number of unbranched alkanes of at least 4 members (excludes halogenated alkanes) is 10. The zero-order valence-electron chi connectivity index (χ0n) is 24.4. The Morgan fingerprint density at radius 1 is 0.538 bits per heavy atom. The Kier molecular flexibility index (Phi) is 9.51. The molecule has 39 heavy (non-hydrogen) atoms. The maximum Gasteiger partial charge on any atom is 0.0709 e. The van der Waals surface area contributed by atoms with Crippen LogP contribution in [0.3, 0.4) is 0 Å². The van der Waals surface area contributed by atoms with E-state index in [9.17, 15) is 0 Å². The summed E-state index contributed by atoms with van der Waals surface area (Å²) in [7, 11) is 0. The van der Waals surface area contributed by atoms with Crippen molar-refractivity contribution in [3.63, 3.8) is 0 Å². The van der Waals surface area contributed by atoms with Gasteiger partial charge in [-0.15, -0.1) is 0 Å². The van der Waals surface area contributed by atoms with E-state index in [1.807, 2.05) is 0 Å². The molecular weight excluding hydrogens is 470 g/mol. The smallest absolute Gasteiger partial charge is 0.0709 e. The zero-order valence-corrected chi connectivity index (χ0v) is 24.4. The fraction of sp³-hybridized carbons (Fsp3) is 0.447. The van der Waals surface area contributed by atoms with Gasteiger partial charge in [-0.1, -0.05) is 152 Å². The zero-order chi connectivity index (χ0) is 26.9. The van der Waals surface area contributed by atoms with Gasteiger partial charge in [-0.3, -0.25) is 0 Å². The van der Waals surface area contributed by atoms with Crippen LogP contribution in [0.4, 0.5) is 0 Å². The number of rotatable bonds is 15. The van der Waals surface area contributed by atoms with E-state index in [4.69, 9.17) is 4.98 Å². The summed E-state index contributed by atoms with van der Waals surface area (Å²) in [4.78, 5) is 5.08. The first-order valence-electron chi connectivity index (χ1n) is 15.9. The Morgan fingerprint density at radius 2 is 1.15 bits per heavy atom. The number of hydrogen-bond acceptors (Lipinski definition) is 1. The van der Waals surface area contributed by atoms with Crippen LogP contribution in [-0.2, 0) is 5.41 Å². The van der Waals surface area contributed by atoms with Crippen molar-refractivity contribution in [2.75, 3.05) is 0 Å². The number of fused-ring (bicyclic) bond motifs is 4. The van der Waals surface area contributed by atoms with Gasteiger partial charge in [-0.05, 0) is 53.3 Å². The van der Waals surface area contributed by atoms with Crippen molar-refractivity contribution in [3.8, 4) is 22.4 Å². The first kappa shape index (κ1) is 27.6. The van der Waals surface area contributed by atoms with Gasteiger partial charge in [0.15, 0.2) is 0 Å². The van der Waals surface area contributed by atoms with Crippen LogP contribution in [0.1, 0.15) is 115 Å². The highest BCUT2D eigenvalue weighted by Crippen LogP contribution is 2.54. The number of hydrogen-bond donors (Lipinski definition) is 0. The molecule has 1 heteroatoms. The summed E-state index contributed by atoms with van der Waals surface area (Å²) in [5, 5.41) is 1.20. The lowest BCUT2D eigenvalue weighted by molar-refractivity contribution is 0.398. The Hall–Kier alpha value is -2.93. The largest absolute Gasteiger partial charge is 0.248 e. The maximum atomic E-state index is 5.08. The van der Waals surface area contributed by atoms with Crippen molar-refractivity contribution >= 4 is 10.9 Å². The average molecular weight is 518 g/mol. The van der Waals surface area contributed by atoms with Crippen molar-refractivity contribution in [2.45, 2.75) is 109 Å². The molecule has 0 bridgehead atoms. The number of nitrogens with zero attached hydrogens (tertiary/aromatic N) is 1. The summed E-state index contributed by atoms with van der Waals surface area (Å²) in [6, 6.07) is 29.4. The molecule has 0 spiro atoms. The van der Waals surface area contributed by atoms with Crippen LogP contribution < -0.4 is 0 Å². The highest BCUT2D eigenvalue weighted by Gasteiger charge is 2.42. The Balaban J connectivity index is 1.49. The molecule has 0 aliphatic heterocycles. The highest BCUT2D eigenvalue weighted by molar-refractivity contribution is 5.85. The van der Waals surface area contributed by atoms with Crippen LogP contribution in [0.25, 0.3) is 33.3 Å².